The highest BCUT2D eigenvalue weighted by Gasteiger charge is 2.37. The smallest absolute Gasteiger partial charge is 0.324 e. The fraction of sp³-hybridized carbons (Fsp3) is 0.385. The van der Waals surface area contributed by atoms with Crippen molar-refractivity contribution in [1.29, 1.82) is 0 Å². The van der Waals surface area contributed by atoms with Gasteiger partial charge in [0.15, 0.2) is 0 Å². The first-order valence-electron chi connectivity index (χ1n) is 6.01. The van der Waals surface area contributed by atoms with E-state index in [-0.39, 0.29) is 24.2 Å². The zero-order valence-electron chi connectivity index (χ0n) is 10.5. The Bertz CT molecular complexity index is 506. The number of carboxylic acids is 1. The lowest BCUT2D eigenvalue weighted by Crippen LogP contribution is -2.35. The second-order valence-electron chi connectivity index (χ2n) is 4.57. The maximum atomic E-state index is 13.8. The minimum Gasteiger partial charge on any atom is -0.481 e. The molecule has 0 spiro atoms. The molecule has 19 heavy (non-hydrogen) atoms. The van der Waals surface area contributed by atoms with Crippen molar-refractivity contribution in [2.45, 2.75) is 18.9 Å². The SMILES string of the molecule is CN1CC(CCC(=O)O)N(c2ccccc2F)C1=O. The van der Waals surface area contributed by atoms with E-state index in [0.29, 0.717) is 13.0 Å². The fourth-order valence-corrected chi connectivity index (χ4v) is 2.27. The standard InChI is InChI=1S/C13H15FN2O3/c1-15-8-9(6-7-12(17)18)16(13(15)19)11-5-3-2-4-10(11)14/h2-5,9H,6-8H2,1H3,(H,17,18). The topological polar surface area (TPSA) is 60.9 Å². The van der Waals surface area contributed by atoms with Gasteiger partial charge in [0.25, 0.3) is 0 Å². The molecule has 1 aliphatic heterocycles. The van der Waals surface area contributed by atoms with Crippen molar-refractivity contribution < 1.29 is 19.1 Å². The number of hydrogen-bond acceptors (Lipinski definition) is 2. The van der Waals surface area contributed by atoms with Crippen molar-refractivity contribution in [1.82, 2.24) is 4.90 Å². The van der Waals surface area contributed by atoms with Crippen LogP contribution in [0.4, 0.5) is 14.9 Å². The van der Waals surface area contributed by atoms with E-state index < -0.39 is 11.8 Å². The molecule has 1 saturated heterocycles. The Morgan fingerprint density at radius 3 is 2.79 bits per heavy atom. The third kappa shape index (κ3) is 2.67. The Hall–Kier alpha value is -2.11. The van der Waals surface area contributed by atoms with E-state index in [1.54, 1.807) is 19.2 Å². The van der Waals surface area contributed by atoms with Crippen LogP contribution in [0.1, 0.15) is 12.8 Å². The summed E-state index contributed by atoms with van der Waals surface area (Å²) in [5.74, 6) is -1.40. The van der Waals surface area contributed by atoms with Crippen molar-refractivity contribution in [2.75, 3.05) is 18.5 Å². The van der Waals surface area contributed by atoms with Crippen LogP contribution in [-0.2, 0) is 4.79 Å². The number of amides is 2. The maximum Gasteiger partial charge on any atom is 0.324 e. The molecule has 1 heterocycles. The average Bonchev–Trinajstić information content (AvgIpc) is 2.64. The lowest BCUT2D eigenvalue weighted by atomic mass is 10.1. The number of rotatable bonds is 4. The van der Waals surface area contributed by atoms with Gasteiger partial charge in [0.05, 0.1) is 11.7 Å². The first kappa shape index (κ1) is 13.3. The Balaban J connectivity index is 2.26. The summed E-state index contributed by atoms with van der Waals surface area (Å²) >= 11 is 0. The van der Waals surface area contributed by atoms with Gasteiger partial charge in [0, 0.05) is 20.0 Å². The van der Waals surface area contributed by atoms with Crippen LogP contribution < -0.4 is 4.90 Å². The highest BCUT2D eigenvalue weighted by atomic mass is 19.1. The van der Waals surface area contributed by atoms with Gasteiger partial charge in [-0.15, -0.1) is 0 Å². The molecule has 1 aromatic rings. The molecular formula is C13H15FN2O3. The largest absolute Gasteiger partial charge is 0.481 e. The van der Waals surface area contributed by atoms with E-state index in [4.69, 9.17) is 5.11 Å². The van der Waals surface area contributed by atoms with Crippen molar-refractivity contribution in [3.63, 3.8) is 0 Å². The lowest BCUT2D eigenvalue weighted by Gasteiger charge is -2.23. The van der Waals surface area contributed by atoms with E-state index in [1.165, 1.54) is 21.9 Å². The van der Waals surface area contributed by atoms with Crippen LogP contribution in [-0.4, -0.2) is 41.6 Å². The van der Waals surface area contributed by atoms with Gasteiger partial charge in [-0.2, -0.15) is 0 Å². The van der Waals surface area contributed by atoms with E-state index in [2.05, 4.69) is 0 Å². The Morgan fingerprint density at radius 2 is 2.16 bits per heavy atom. The fourth-order valence-electron chi connectivity index (χ4n) is 2.27. The second-order valence-corrected chi connectivity index (χ2v) is 4.57. The molecule has 1 aromatic carbocycles. The quantitative estimate of drug-likeness (QED) is 0.905. The molecule has 1 atom stereocenters. The third-order valence-electron chi connectivity index (χ3n) is 3.19. The normalized spacial score (nSPS) is 19.1. The molecule has 1 unspecified atom stereocenters. The first-order chi connectivity index (χ1) is 9.00. The van der Waals surface area contributed by atoms with Crippen molar-refractivity contribution >= 4 is 17.7 Å². The average molecular weight is 266 g/mol. The minimum absolute atomic E-state index is 0.0449. The summed E-state index contributed by atoms with van der Waals surface area (Å²) < 4.78 is 13.8. The molecule has 0 bridgehead atoms. The first-order valence-corrected chi connectivity index (χ1v) is 6.01. The van der Waals surface area contributed by atoms with Crippen LogP contribution in [0.5, 0.6) is 0 Å². The van der Waals surface area contributed by atoms with Gasteiger partial charge in [-0.1, -0.05) is 12.1 Å². The van der Waals surface area contributed by atoms with Gasteiger partial charge >= 0.3 is 12.0 Å². The van der Waals surface area contributed by atoms with Crippen LogP contribution in [0, 0.1) is 5.82 Å². The summed E-state index contributed by atoms with van der Waals surface area (Å²) in [6, 6.07) is 5.40. The monoisotopic (exact) mass is 266 g/mol. The molecule has 102 valence electrons. The number of nitrogens with zero attached hydrogens (tertiary/aromatic N) is 2. The van der Waals surface area contributed by atoms with Crippen LogP contribution in [0.3, 0.4) is 0 Å². The molecule has 0 radical (unpaired) electrons. The van der Waals surface area contributed by atoms with E-state index in [0.717, 1.165) is 0 Å². The number of likely N-dealkylation sites (N-methyl/N-ethyl adjacent to an activating group) is 1. The van der Waals surface area contributed by atoms with E-state index in [1.807, 2.05) is 0 Å². The molecule has 1 aliphatic rings. The molecular weight excluding hydrogens is 251 g/mol. The van der Waals surface area contributed by atoms with Gasteiger partial charge < -0.3 is 10.0 Å². The Kier molecular flexibility index (Phi) is 3.69. The molecule has 0 saturated carbocycles. The highest BCUT2D eigenvalue weighted by molar-refractivity contribution is 5.95. The molecule has 1 fully saturated rings. The Labute approximate surface area is 110 Å². The summed E-state index contributed by atoms with van der Waals surface area (Å²) in [6.45, 7) is 0.403. The van der Waals surface area contributed by atoms with Gasteiger partial charge in [-0.05, 0) is 18.6 Å². The summed E-state index contributed by atoms with van der Waals surface area (Å²) in [7, 11) is 1.62. The van der Waals surface area contributed by atoms with Gasteiger partial charge in [0.1, 0.15) is 5.82 Å². The molecule has 1 N–H and O–H groups in total. The molecule has 2 rings (SSSR count). The van der Waals surface area contributed by atoms with E-state index in [9.17, 15) is 14.0 Å². The number of urea groups is 1. The zero-order chi connectivity index (χ0) is 14.0. The zero-order valence-corrected chi connectivity index (χ0v) is 10.5. The van der Waals surface area contributed by atoms with Gasteiger partial charge in [0.2, 0.25) is 0 Å². The Morgan fingerprint density at radius 1 is 1.47 bits per heavy atom. The minimum atomic E-state index is -0.921. The lowest BCUT2D eigenvalue weighted by molar-refractivity contribution is -0.137. The number of hydrogen-bond donors (Lipinski definition) is 1. The second kappa shape index (κ2) is 5.26. The highest BCUT2D eigenvalue weighted by Crippen LogP contribution is 2.28. The van der Waals surface area contributed by atoms with Crippen molar-refractivity contribution in [3.05, 3.63) is 30.1 Å². The summed E-state index contributed by atoms with van der Waals surface area (Å²) in [5.41, 5.74) is 0.201. The predicted molar refractivity (Wildman–Crippen MR) is 67.6 cm³/mol. The molecule has 2 amide bonds. The molecule has 6 heteroatoms. The van der Waals surface area contributed by atoms with Crippen LogP contribution >= 0.6 is 0 Å². The van der Waals surface area contributed by atoms with Crippen LogP contribution in [0.2, 0.25) is 0 Å². The summed E-state index contributed by atoms with van der Waals surface area (Å²) in [6.07, 6.45) is 0.260. The van der Waals surface area contributed by atoms with E-state index >= 15 is 0 Å². The third-order valence-corrected chi connectivity index (χ3v) is 3.19. The van der Waals surface area contributed by atoms with Crippen LogP contribution in [0.25, 0.3) is 0 Å². The van der Waals surface area contributed by atoms with Crippen LogP contribution in [0.15, 0.2) is 24.3 Å². The summed E-state index contributed by atoms with van der Waals surface area (Å²) in [4.78, 5) is 25.5. The van der Waals surface area contributed by atoms with Crippen molar-refractivity contribution in [2.24, 2.45) is 0 Å². The molecule has 5 nitrogen and oxygen atoms in total. The van der Waals surface area contributed by atoms with Crippen molar-refractivity contribution in [3.8, 4) is 0 Å². The number of halogens is 1. The number of carboxylic acid groups (broad SMARTS) is 1. The van der Waals surface area contributed by atoms with Gasteiger partial charge in [-0.3, -0.25) is 9.69 Å². The number of para-hydroxylation sites is 1. The number of benzene rings is 1. The molecule has 0 aliphatic carbocycles. The van der Waals surface area contributed by atoms with Gasteiger partial charge in [-0.25, -0.2) is 9.18 Å². The number of aliphatic carboxylic acids is 1. The molecule has 0 aromatic heterocycles. The number of anilines is 1. The summed E-state index contributed by atoms with van der Waals surface area (Å²) in [5, 5.41) is 8.73. The number of carbonyl (C=O) groups excluding carboxylic acids is 1. The maximum absolute atomic E-state index is 13.8. The predicted octanol–water partition coefficient (Wildman–Crippen LogP) is 1.93. The number of carbonyl (C=O) groups is 2.